The van der Waals surface area contributed by atoms with Gasteiger partial charge in [0.15, 0.2) is 0 Å². The van der Waals surface area contributed by atoms with Gasteiger partial charge in [0, 0.05) is 20.7 Å². The fourth-order valence-corrected chi connectivity index (χ4v) is 1.39. The largest absolute Gasteiger partial charge is 0.480 e. The van der Waals surface area contributed by atoms with E-state index in [1.165, 1.54) is 14.2 Å². The maximum absolute atomic E-state index is 11.8. The number of carboxylic acid groups (broad SMARTS) is 1. The van der Waals surface area contributed by atoms with Crippen LogP contribution in [-0.4, -0.2) is 67.8 Å². The van der Waals surface area contributed by atoms with E-state index < -0.39 is 18.0 Å². The first-order chi connectivity index (χ1) is 9.29. The molecule has 1 unspecified atom stereocenters. The van der Waals surface area contributed by atoms with Crippen molar-refractivity contribution in [3.63, 3.8) is 0 Å². The van der Waals surface area contributed by atoms with Crippen LogP contribution < -0.4 is 10.6 Å². The van der Waals surface area contributed by atoms with Gasteiger partial charge in [0.25, 0.3) is 0 Å². The van der Waals surface area contributed by atoms with E-state index in [-0.39, 0.29) is 18.4 Å². The van der Waals surface area contributed by atoms with Gasteiger partial charge in [0.05, 0.1) is 6.61 Å². The highest BCUT2D eigenvalue weighted by Crippen LogP contribution is 2.02. The number of likely N-dealkylation sites (N-methyl/N-ethyl adjacent to an activating group) is 1. The second-order valence-electron chi connectivity index (χ2n) is 4.71. The van der Waals surface area contributed by atoms with Crippen molar-refractivity contribution in [2.24, 2.45) is 5.92 Å². The van der Waals surface area contributed by atoms with Crippen LogP contribution >= 0.6 is 0 Å². The summed E-state index contributed by atoms with van der Waals surface area (Å²) >= 11 is 0. The summed E-state index contributed by atoms with van der Waals surface area (Å²) in [5.41, 5.74) is 0. The molecule has 8 heteroatoms. The number of carbonyl (C=O) groups is 3. The molecule has 0 saturated heterocycles. The standard InChI is InChI=1S/C12H23N3O5/c1-8(2)10(11(17)18)14-12(19)15(3)7-9(16)13-5-6-20-4/h8,10H,5-7H2,1-4H3,(H,13,16)(H,14,19)(H,17,18). The lowest BCUT2D eigenvalue weighted by Crippen LogP contribution is -2.51. The maximum atomic E-state index is 11.8. The Bertz CT molecular complexity index is 346. The molecule has 0 bridgehead atoms. The van der Waals surface area contributed by atoms with Gasteiger partial charge in [-0.1, -0.05) is 13.8 Å². The fourth-order valence-electron chi connectivity index (χ4n) is 1.39. The quantitative estimate of drug-likeness (QED) is 0.522. The molecule has 0 aromatic rings. The van der Waals surface area contributed by atoms with Crippen LogP contribution in [0.15, 0.2) is 0 Å². The first-order valence-corrected chi connectivity index (χ1v) is 6.29. The van der Waals surface area contributed by atoms with Crippen molar-refractivity contribution >= 4 is 17.9 Å². The van der Waals surface area contributed by atoms with Crippen molar-refractivity contribution in [1.29, 1.82) is 0 Å². The van der Waals surface area contributed by atoms with E-state index in [4.69, 9.17) is 9.84 Å². The van der Waals surface area contributed by atoms with Crippen molar-refractivity contribution in [3.8, 4) is 0 Å². The van der Waals surface area contributed by atoms with Gasteiger partial charge in [-0.3, -0.25) is 4.79 Å². The van der Waals surface area contributed by atoms with Gasteiger partial charge in [-0.15, -0.1) is 0 Å². The van der Waals surface area contributed by atoms with Crippen LogP contribution in [0.5, 0.6) is 0 Å². The number of hydrogen-bond acceptors (Lipinski definition) is 4. The molecule has 3 amide bonds. The lowest BCUT2D eigenvalue weighted by Gasteiger charge is -2.23. The molecule has 0 fully saturated rings. The van der Waals surface area contributed by atoms with Crippen molar-refractivity contribution < 1.29 is 24.2 Å². The number of urea groups is 1. The summed E-state index contributed by atoms with van der Waals surface area (Å²) in [5.74, 6) is -1.69. The monoisotopic (exact) mass is 289 g/mol. The molecular weight excluding hydrogens is 266 g/mol. The second-order valence-corrected chi connectivity index (χ2v) is 4.71. The van der Waals surface area contributed by atoms with Gasteiger partial charge in [-0.25, -0.2) is 9.59 Å². The molecule has 116 valence electrons. The van der Waals surface area contributed by atoms with E-state index in [1.54, 1.807) is 13.8 Å². The van der Waals surface area contributed by atoms with Gasteiger partial charge < -0.3 is 25.4 Å². The molecule has 0 aromatic heterocycles. The second kappa shape index (κ2) is 9.13. The van der Waals surface area contributed by atoms with Crippen LogP contribution in [-0.2, 0) is 14.3 Å². The topological polar surface area (TPSA) is 108 Å². The number of rotatable bonds is 8. The fraction of sp³-hybridized carbons (Fsp3) is 0.750. The maximum Gasteiger partial charge on any atom is 0.326 e. The third-order valence-corrected chi connectivity index (χ3v) is 2.57. The van der Waals surface area contributed by atoms with Crippen molar-refractivity contribution in [2.45, 2.75) is 19.9 Å². The highest BCUT2D eigenvalue weighted by Gasteiger charge is 2.25. The van der Waals surface area contributed by atoms with Gasteiger partial charge in [-0.05, 0) is 5.92 Å². The zero-order valence-electron chi connectivity index (χ0n) is 12.3. The van der Waals surface area contributed by atoms with Crippen LogP contribution in [0.1, 0.15) is 13.8 Å². The van der Waals surface area contributed by atoms with Crippen LogP contribution in [0, 0.1) is 5.92 Å². The minimum absolute atomic E-state index is 0.153. The Labute approximate surface area is 118 Å². The summed E-state index contributed by atoms with van der Waals surface area (Å²) in [4.78, 5) is 35.4. The number of nitrogens with zero attached hydrogens (tertiary/aromatic N) is 1. The van der Waals surface area contributed by atoms with E-state index in [2.05, 4.69) is 10.6 Å². The van der Waals surface area contributed by atoms with Gasteiger partial charge in [0.2, 0.25) is 5.91 Å². The van der Waals surface area contributed by atoms with Crippen LogP contribution in [0.25, 0.3) is 0 Å². The van der Waals surface area contributed by atoms with Crippen LogP contribution in [0.4, 0.5) is 4.79 Å². The molecule has 0 spiro atoms. The number of nitrogens with one attached hydrogen (secondary N) is 2. The lowest BCUT2D eigenvalue weighted by atomic mass is 10.1. The Morgan fingerprint density at radius 3 is 2.35 bits per heavy atom. The number of carboxylic acids is 1. The molecule has 0 aromatic carbocycles. The van der Waals surface area contributed by atoms with Crippen LogP contribution in [0.2, 0.25) is 0 Å². The number of amides is 3. The Hall–Kier alpha value is -1.83. The lowest BCUT2D eigenvalue weighted by molar-refractivity contribution is -0.140. The molecule has 0 rings (SSSR count). The summed E-state index contributed by atoms with van der Waals surface area (Å²) in [6.45, 7) is 3.97. The normalized spacial score (nSPS) is 11.8. The highest BCUT2D eigenvalue weighted by atomic mass is 16.5. The average Bonchev–Trinajstić information content (AvgIpc) is 2.34. The predicted molar refractivity (Wildman–Crippen MR) is 72.3 cm³/mol. The van der Waals surface area contributed by atoms with E-state index in [1.807, 2.05) is 0 Å². The molecule has 0 heterocycles. The Kier molecular flexibility index (Phi) is 8.30. The summed E-state index contributed by atoms with van der Waals surface area (Å²) in [7, 11) is 2.94. The highest BCUT2D eigenvalue weighted by molar-refractivity contribution is 5.86. The minimum Gasteiger partial charge on any atom is -0.480 e. The van der Waals surface area contributed by atoms with Crippen LogP contribution in [0.3, 0.4) is 0 Å². The molecule has 0 aliphatic carbocycles. The van der Waals surface area contributed by atoms with Crippen molar-refractivity contribution in [3.05, 3.63) is 0 Å². The van der Waals surface area contributed by atoms with E-state index in [0.717, 1.165) is 4.90 Å². The molecule has 0 aliphatic heterocycles. The van der Waals surface area contributed by atoms with E-state index >= 15 is 0 Å². The Morgan fingerprint density at radius 1 is 1.30 bits per heavy atom. The van der Waals surface area contributed by atoms with E-state index in [9.17, 15) is 14.4 Å². The first-order valence-electron chi connectivity index (χ1n) is 6.29. The Morgan fingerprint density at radius 2 is 1.90 bits per heavy atom. The summed E-state index contributed by atoms with van der Waals surface area (Å²) < 4.78 is 4.78. The zero-order valence-corrected chi connectivity index (χ0v) is 12.3. The number of carbonyl (C=O) groups excluding carboxylic acids is 2. The van der Waals surface area contributed by atoms with Crippen molar-refractivity contribution in [1.82, 2.24) is 15.5 Å². The van der Waals surface area contributed by atoms with E-state index in [0.29, 0.717) is 13.2 Å². The number of aliphatic carboxylic acids is 1. The minimum atomic E-state index is -1.11. The molecule has 1 atom stereocenters. The number of ether oxygens (including phenoxy) is 1. The molecule has 0 radical (unpaired) electrons. The SMILES string of the molecule is COCCNC(=O)CN(C)C(=O)NC(C(=O)O)C(C)C. The Balaban J connectivity index is 4.26. The molecule has 8 nitrogen and oxygen atoms in total. The molecule has 3 N–H and O–H groups in total. The summed E-state index contributed by atoms with van der Waals surface area (Å²) in [5, 5.41) is 13.9. The third kappa shape index (κ3) is 6.93. The molecular formula is C12H23N3O5. The van der Waals surface area contributed by atoms with Gasteiger partial charge in [-0.2, -0.15) is 0 Å². The smallest absolute Gasteiger partial charge is 0.326 e. The predicted octanol–water partition coefficient (Wildman–Crippen LogP) is -0.500. The molecule has 0 aliphatic rings. The van der Waals surface area contributed by atoms with Gasteiger partial charge >= 0.3 is 12.0 Å². The third-order valence-electron chi connectivity index (χ3n) is 2.57. The summed E-state index contributed by atoms with van der Waals surface area (Å²) in [6.07, 6.45) is 0. The first kappa shape index (κ1) is 18.2. The zero-order chi connectivity index (χ0) is 15.7. The number of methoxy groups -OCH3 is 1. The number of hydrogen-bond donors (Lipinski definition) is 3. The summed E-state index contributed by atoms with van der Waals surface area (Å²) in [6, 6.07) is -1.59. The average molecular weight is 289 g/mol. The molecule has 20 heavy (non-hydrogen) atoms. The van der Waals surface area contributed by atoms with Gasteiger partial charge in [0.1, 0.15) is 12.6 Å². The van der Waals surface area contributed by atoms with Crippen molar-refractivity contribution in [2.75, 3.05) is 33.9 Å². The molecule has 0 saturated carbocycles.